The molecular weight excluding hydrogens is 188 g/mol. The van der Waals surface area contributed by atoms with Crippen molar-refractivity contribution in [1.82, 2.24) is 4.98 Å². The van der Waals surface area contributed by atoms with Gasteiger partial charge in [-0.05, 0) is 11.6 Å². The average molecular weight is 196 g/mol. The maximum atomic E-state index is 8.70. The lowest BCUT2D eigenvalue weighted by atomic mass is 10.2. The van der Waals surface area contributed by atoms with E-state index in [4.69, 9.17) is 9.68 Å². The summed E-state index contributed by atoms with van der Waals surface area (Å²) in [5.74, 6) is 0.487. The summed E-state index contributed by atoms with van der Waals surface area (Å²) in [6.45, 7) is 0. The van der Waals surface area contributed by atoms with Crippen molar-refractivity contribution in [3.63, 3.8) is 0 Å². The van der Waals surface area contributed by atoms with Gasteiger partial charge in [-0.15, -0.1) is 0 Å². The summed E-state index contributed by atoms with van der Waals surface area (Å²) in [5.41, 5.74) is 1.36. The summed E-state index contributed by atoms with van der Waals surface area (Å²) in [5, 5.41) is 8.70. The summed E-state index contributed by atoms with van der Waals surface area (Å²) in [6, 6.07) is 11.7. The van der Waals surface area contributed by atoms with Crippen molar-refractivity contribution >= 4 is 12.2 Å². The molecule has 0 atom stereocenters. The van der Waals surface area contributed by atoms with E-state index in [0.29, 0.717) is 11.5 Å². The van der Waals surface area contributed by atoms with Gasteiger partial charge in [0.05, 0.1) is 0 Å². The highest BCUT2D eigenvalue weighted by molar-refractivity contribution is 5.68. The maximum Gasteiger partial charge on any atom is 0.186 e. The third-order valence-electron chi connectivity index (χ3n) is 1.93. The molecule has 0 fully saturated rings. The van der Waals surface area contributed by atoms with Gasteiger partial charge in [-0.2, -0.15) is 5.26 Å². The number of hydrogen-bond donors (Lipinski definition) is 0. The zero-order valence-electron chi connectivity index (χ0n) is 7.92. The highest BCUT2D eigenvalue weighted by Crippen LogP contribution is 2.10. The standard InChI is InChI=1S/C12H8N2O/c13-8-11-12(15-9-14-11)7-6-10-4-2-1-3-5-10/h1-7,9H/b7-6+. The van der Waals surface area contributed by atoms with Gasteiger partial charge in [-0.25, -0.2) is 4.98 Å². The minimum atomic E-state index is 0.308. The van der Waals surface area contributed by atoms with Crippen molar-refractivity contribution in [3.05, 3.63) is 53.7 Å². The van der Waals surface area contributed by atoms with Gasteiger partial charge >= 0.3 is 0 Å². The van der Waals surface area contributed by atoms with Gasteiger partial charge in [0, 0.05) is 0 Å². The van der Waals surface area contributed by atoms with Crippen LogP contribution in [0.1, 0.15) is 17.0 Å². The van der Waals surface area contributed by atoms with Crippen LogP contribution in [0.5, 0.6) is 0 Å². The highest BCUT2D eigenvalue weighted by atomic mass is 16.3. The smallest absolute Gasteiger partial charge is 0.186 e. The Bertz CT molecular complexity index is 506. The molecule has 0 aliphatic carbocycles. The minimum Gasteiger partial charge on any atom is -0.443 e. The van der Waals surface area contributed by atoms with E-state index in [0.717, 1.165) is 5.56 Å². The molecule has 1 aromatic heterocycles. The van der Waals surface area contributed by atoms with Gasteiger partial charge in [0.1, 0.15) is 6.07 Å². The summed E-state index contributed by atoms with van der Waals surface area (Å²) < 4.78 is 5.06. The van der Waals surface area contributed by atoms with Crippen LogP contribution in [0, 0.1) is 11.3 Å². The second-order valence-electron chi connectivity index (χ2n) is 2.92. The van der Waals surface area contributed by atoms with Crippen LogP contribution in [0.2, 0.25) is 0 Å². The van der Waals surface area contributed by atoms with E-state index in [2.05, 4.69) is 4.98 Å². The SMILES string of the molecule is N#Cc1ncoc1/C=C/c1ccccc1. The Labute approximate surface area is 87.3 Å². The zero-order chi connectivity index (χ0) is 10.5. The van der Waals surface area contributed by atoms with E-state index < -0.39 is 0 Å². The van der Waals surface area contributed by atoms with Crippen LogP contribution in [0.15, 0.2) is 41.1 Å². The van der Waals surface area contributed by atoms with E-state index in [-0.39, 0.29) is 0 Å². The number of hydrogen-bond acceptors (Lipinski definition) is 3. The largest absolute Gasteiger partial charge is 0.443 e. The second kappa shape index (κ2) is 4.25. The molecule has 0 aliphatic rings. The quantitative estimate of drug-likeness (QED) is 0.741. The van der Waals surface area contributed by atoms with Crippen LogP contribution in [0.3, 0.4) is 0 Å². The monoisotopic (exact) mass is 196 g/mol. The average Bonchev–Trinajstić information content (AvgIpc) is 2.75. The first-order valence-corrected chi connectivity index (χ1v) is 4.47. The van der Waals surface area contributed by atoms with Crippen molar-refractivity contribution in [2.75, 3.05) is 0 Å². The molecule has 0 saturated carbocycles. The van der Waals surface area contributed by atoms with Gasteiger partial charge in [0.2, 0.25) is 0 Å². The molecule has 1 heterocycles. The molecule has 2 rings (SSSR count). The molecule has 1 aromatic carbocycles. The molecule has 0 bridgehead atoms. The number of aromatic nitrogens is 1. The van der Waals surface area contributed by atoms with Crippen molar-refractivity contribution in [2.45, 2.75) is 0 Å². The van der Waals surface area contributed by atoms with Crippen LogP contribution in [-0.2, 0) is 0 Å². The van der Waals surface area contributed by atoms with Gasteiger partial charge in [-0.1, -0.05) is 36.4 Å². The van der Waals surface area contributed by atoms with E-state index in [1.807, 2.05) is 42.5 Å². The molecule has 0 saturated heterocycles. The Morgan fingerprint density at radius 3 is 2.73 bits per heavy atom. The molecule has 0 N–H and O–H groups in total. The number of benzene rings is 1. The topological polar surface area (TPSA) is 49.8 Å². The lowest BCUT2D eigenvalue weighted by molar-refractivity contribution is 0.548. The summed E-state index contributed by atoms with van der Waals surface area (Å²) in [6.07, 6.45) is 4.88. The fourth-order valence-electron chi connectivity index (χ4n) is 1.19. The number of nitriles is 1. The summed E-state index contributed by atoms with van der Waals surface area (Å²) in [7, 11) is 0. The first-order chi connectivity index (χ1) is 7.40. The van der Waals surface area contributed by atoms with Gasteiger partial charge < -0.3 is 4.42 Å². The Morgan fingerprint density at radius 1 is 1.20 bits per heavy atom. The Hall–Kier alpha value is -2.34. The van der Waals surface area contributed by atoms with E-state index >= 15 is 0 Å². The third kappa shape index (κ3) is 2.12. The molecule has 72 valence electrons. The van der Waals surface area contributed by atoms with Gasteiger partial charge in [0.25, 0.3) is 0 Å². The lowest BCUT2D eigenvalue weighted by Crippen LogP contribution is -1.75. The highest BCUT2D eigenvalue weighted by Gasteiger charge is 2.01. The van der Waals surface area contributed by atoms with Crippen LogP contribution in [-0.4, -0.2) is 4.98 Å². The van der Waals surface area contributed by atoms with Crippen LogP contribution in [0.4, 0.5) is 0 Å². The Kier molecular flexibility index (Phi) is 2.61. The molecule has 0 radical (unpaired) electrons. The molecule has 15 heavy (non-hydrogen) atoms. The normalized spacial score (nSPS) is 10.3. The van der Waals surface area contributed by atoms with Gasteiger partial charge in [-0.3, -0.25) is 0 Å². The zero-order valence-corrected chi connectivity index (χ0v) is 7.92. The number of rotatable bonds is 2. The van der Waals surface area contributed by atoms with E-state index in [9.17, 15) is 0 Å². The van der Waals surface area contributed by atoms with Crippen molar-refractivity contribution in [1.29, 1.82) is 5.26 Å². The molecule has 2 aromatic rings. The van der Waals surface area contributed by atoms with Crippen molar-refractivity contribution in [3.8, 4) is 6.07 Å². The summed E-state index contributed by atoms with van der Waals surface area (Å²) in [4.78, 5) is 3.77. The molecule has 0 aliphatic heterocycles. The predicted octanol–water partition coefficient (Wildman–Crippen LogP) is 2.72. The number of nitrogens with zero attached hydrogens (tertiary/aromatic N) is 2. The molecule has 3 heteroatoms. The molecule has 3 nitrogen and oxygen atoms in total. The van der Waals surface area contributed by atoms with E-state index in [1.54, 1.807) is 6.08 Å². The minimum absolute atomic E-state index is 0.308. The molecule has 0 amide bonds. The van der Waals surface area contributed by atoms with E-state index in [1.165, 1.54) is 6.39 Å². The maximum absolute atomic E-state index is 8.70. The first kappa shape index (κ1) is 9.22. The van der Waals surface area contributed by atoms with Crippen LogP contribution >= 0.6 is 0 Å². The Balaban J connectivity index is 2.23. The van der Waals surface area contributed by atoms with Crippen LogP contribution in [0.25, 0.3) is 12.2 Å². The van der Waals surface area contributed by atoms with Gasteiger partial charge in [0.15, 0.2) is 17.8 Å². The van der Waals surface area contributed by atoms with Crippen molar-refractivity contribution < 1.29 is 4.42 Å². The van der Waals surface area contributed by atoms with Crippen LogP contribution < -0.4 is 0 Å². The summed E-state index contributed by atoms with van der Waals surface area (Å²) >= 11 is 0. The predicted molar refractivity (Wildman–Crippen MR) is 56.6 cm³/mol. The fraction of sp³-hybridized carbons (Fsp3) is 0. The molecule has 0 spiro atoms. The fourth-order valence-corrected chi connectivity index (χ4v) is 1.19. The number of oxazole rings is 1. The first-order valence-electron chi connectivity index (χ1n) is 4.47. The van der Waals surface area contributed by atoms with Crippen molar-refractivity contribution in [2.24, 2.45) is 0 Å². The third-order valence-corrected chi connectivity index (χ3v) is 1.93. The molecular formula is C12H8N2O. The Morgan fingerprint density at radius 2 is 2.00 bits per heavy atom. The lowest BCUT2D eigenvalue weighted by Gasteiger charge is -1.89. The second-order valence-corrected chi connectivity index (χ2v) is 2.92. The molecule has 0 unspecified atom stereocenters.